The first-order chi connectivity index (χ1) is 11.2. The van der Waals surface area contributed by atoms with Crippen molar-refractivity contribution in [2.75, 3.05) is 0 Å². The molecule has 112 valence electrons. The van der Waals surface area contributed by atoms with Crippen LogP contribution in [0.1, 0.15) is 11.3 Å². The van der Waals surface area contributed by atoms with E-state index in [1.807, 2.05) is 19.2 Å². The monoisotopic (exact) mass is 299 g/mol. The number of aryl methyl sites for hydroxylation is 2. The fourth-order valence-electron chi connectivity index (χ4n) is 2.97. The van der Waals surface area contributed by atoms with Gasteiger partial charge in [0.05, 0.1) is 16.9 Å². The smallest absolute Gasteiger partial charge is 0.0780 e. The average Bonchev–Trinajstić information content (AvgIpc) is 2.95. The van der Waals surface area contributed by atoms with Gasteiger partial charge in [-0.15, -0.1) is 0 Å². The zero-order valence-electron chi connectivity index (χ0n) is 13.2. The van der Waals surface area contributed by atoms with E-state index in [9.17, 15) is 0 Å². The van der Waals surface area contributed by atoms with Crippen LogP contribution in [0.3, 0.4) is 0 Å². The second kappa shape index (κ2) is 5.36. The predicted molar refractivity (Wildman–Crippen MR) is 94.2 cm³/mol. The lowest BCUT2D eigenvalue weighted by atomic mass is 9.97. The summed E-state index contributed by atoms with van der Waals surface area (Å²) >= 11 is 0. The highest BCUT2D eigenvalue weighted by Gasteiger charge is 2.10. The van der Waals surface area contributed by atoms with Gasteiger partial charge in [0, 0.05) is 22.7 Å². The van der Waals surface area contributed by atoms with E-state index >= 15 is 0 Å². The maximum atomic E-state index is 4.63. The Bertz CT molecular complexity index is 999. The SMILES string of the molecule is Cc1cccc(-c2ncccc2-c2ccc3[nH]nc(C)c3c2)c1. The summed E-state index contributed by atoms with van der Waals surface area (Å²) in [7, 11) is 0. The lowest BCUT2D eigenvalue weighted by Gasteiger charge is -2.10. The highest BCUT2D eigenvalue weighted by Crippen LogP contribution is 2.32. The number of fused-ring (bicyclic) bond motifs is 1. The van der Waals surface area contributed by atoms with Crippen LogP contribution in [0.15, 0.2) is 60.8 Å². The summed E-state index contributed by atoms with van der Waals surface area (Å²) in [5.41, 5.74) is 7.77. The number of nitrogens with zero attached hydrogens (tertiary/aromatic N) is 2. The van der Waals surface area contributed by atoms with Crippen molar-refractivity contribution in [2.45, 2.75) is 13.8 Å². The molecule has 0 unspecified atom stereocenters. The lowest BCUT2D eigenvalue weighted by molar-refractivity contribution is 1.07. The molecular formula is C20H17N3. The highest BCUT2D eigenvalue weighted by atomic mass is 15.1. The Balaban J connectivity index is 1.93. The van der Waals surface area contributed by atoms with E-state index in [4.69, 9.17) is 0 Å². The molecule has 0 spiro atoms. The minimum atomic E-state index is 1.01. The average molecular weight is 299 g/mol. The van der Waals surface area contributed by atoms with Gasteiger partial charge in [-0.1, -0.05) is 35.9 Å². The summed E-state index contributed by atoms with van der Waals surface area (Å²) in [6, 6.07) is 19.0. The summed E-state index contributed by atoms with van der Waals surface area (Å²) in [4.78, 5) is 4.63. The van der Waals surface area contributed by atoms with Crippen molar-refractivity contribution >= 4 is 10.9 Å². The van der Waals surface area contributed by atoms with Gasteiger partial charge in [0.1, 0.15) is 0 Å². The van der Waals surface area contributed by atoms with E-state index in [1.54, 1.807) is 0 Å². The van der Waals surface area contributed by atoms with Crippen LogP contribution >= 0.6 is 0 Å². The van der Waals surface area contributed by atoms with Gasteiger partial charge in [-0.2, -0.15) is 5.10 Å². The molecule has 3 heteroatoms. The second-order valence-corrected chi connectivity index (χ2v) is 5.84. The Labute approximate surface area is 135 Å². The Kier molecular flexibility index (Phi) is 3.19. The zero-order valence-corrected chi connectivity index (χ0v) is 13.2. The number of nitrogens with one attached hydrogen (secondary N) is 1. The Morgan fingerprint density at radius 1 is 0.870 bits per heavy atom. The number of aromatic nitrogens is 3. The molecule has 1 N–H and O–H groups in total. The van der Waals surface area contributed by atoms with Gasteiger partial charge in [-0.25, -0.2) is 0 Å². The van der Waals surface area contributed by atoms with Crippen LogP contribution in [-0.4, -0.2) is 15.2 Å². The molecular weight excluding hydrogens is 282 g/mol. The van der Waals surface area contributed by atoms with Gasteiger partial charge < -0.3 is 0 Å². The third kappa shape index (κ3) is 2.40. The molecule has 2 aromatic carbocycles. The molecule has 0 atom stereocenters. The summed E-state index contributed by atoms with van der Waals surface area (Å²) in [5, 5.41) is 8.49. The molecule has 0 amide bonds. The molecule has 23 heavy (non-hydrogen) atoms. The van der Waals surface area contributed by atoms with E-state index in [1.165, 1.54) is 5.56 Å². The Morgan fingerprint density at radius 3 is 2.65 bits per heavy atom. The molecule has 0 radical (unpaired) electrons. The molecule has 2 heterocycles. The van der Waals surface area contributed by atoms with Crippen molar-refractivity contribution in [1.82, 2.24) is 15.2 Å². The van der Waals surface area contributed by atoms with Crippen LogP contribution < -0.4 is 0 Å². The van der Waals surface area contributed by atoms with Crippen molar-refractivity contribution in [3.8, 4) is 22.4 Å². The third-order valence-corrected chi connectivity index (χ3v) is 4.16. The number of aromatic amines is 1. The quantitative estimate of drug-likeness (QED) is 0.571. The molecule has 0 saturated carbocycles. The van der Waals surface area contributed by atoms with Gasteiger partial charge in [-0.3, -0.25) is 10.1 Å². The summed E-state index contributed by atoms with van der Waals surface area (Å²) in [6.45, 7) is 4.13. The van der Waals surface area contributed by atoms with Crippen LogP contribution in [0.4, 0.5) is 0 Å². The van der Waals surface area contributed by atoms with Gasteiger partial charge in [-0.05, 0) is 43.7 Å². The molecule has 4 aromatic rings. The third-order valence-electron chi connectivity index (χ3n) is 4.16. The second-order valence-electron chi connectivity index (χ2n) is 5.84. The summed E-state index contributed by atoms with van der Waals surface area (Å²) in [5.74, 6) is 0. The maximum absolute atomic E-state index is 4.63. The van der Waals surface area contributed by atoms with Crippen molar-refractivity contribution in [2.24, 2.45) is 0 Å². The van der Waals surface area contributed by atoms with E-state index in [-0.39, 0.29) is 0 Å². The highest BCUT2D eigenvalue weighted by molar-refractivity contribution is 5.89. The van der Waals surface area contributed by atoms with Crippen LogP contribution in [0.2, 0.25) is 0 Å². The van der Waals surface area contributed by atoms with E-state index in [2.05, 4.69) is 70.6 Å². The number of H-pyrrole nitrogens is 1. The zero-order chi connectivity index (χ0) is 15.8. The van der Waals surface area contributed by atoms with Gasteiger partial charge in [0.15, 0.2) is 0 Å². The molecule has 0 bridgehead atoms. The molecule has 4 rings (SSSR count). The molecule has 0 aliphatic heterocycles. The van der Waals surface area contributed by atoms with Gasteiger partial charge in [0.2, 0.25) is 0 Å². The first-order valence-electron chi connectivity index (χ1n) is 7.69. The predicted octanol–water partition coefficient (Wildman–Crippen LogP) is 4.91. The number of benzene rings is 2. The van der Waals surface area contributed by atoms with Crippen molar-refractivity contribution < 1.29 is 0 Å². The number of pyridine rings is 1. The number of rotatable bonds is 2. The first-order valence-corrected chi connectivity index (χ1v) is 7.69. The van der Waals surface area contributed by atoms with E-state index < -0.39 is 0 Å². The van der Waals surface area contributed by atoms with E-state index in [0.717, 1.165) is 39.0 Å². The standard InChI is InChI=1S/C20H17N3/c1-13-5-3-6-16(11-13)20-17(7-4-10-21-20)15-8-9-19-18(12-15)14(2)22-23-19/h3-12H,1-2H3,(H,22,23). The first kappa shape index (κ1) is 13.7. The van der Waals surface area contributed by atoms with Crippen LogP contribution in [-0.2, 0) is 0 Å². The van der Waals surface area contributed by atoms with Gasteiger partial charge in [0.25, 0.3) is 0 Å². The van der Waals surface area contributed by atoms with Crippen LogP contribution in [0, 0.1) is 13.8 Å². The van der Waals surface area contributed by atoms with Crippen molar-refractivity contribution in [3.63, 3.8) is 0 Å². The Hall–Kier alpha value is -2.94. The molecule has 0 aliphatic rings. The maximum Gasteiger partial charge on any atom is 0.0780 e. The lowest BCUT2D eigenvalue weighted by Crippen LogP contribution is -1.89. The number of hydrogen-bond donors (Lipinski definition) is 1. The van der Waals surface area contributed by atoms with Crippen LogP contribution in [0.25, 0.3) is 33.3 Å². The fourth-order valence-corrected chi connectivity index (χ4v) is 2.97. The van der Waals surface area contributed by atoms with E-state index in [0.29, 0.717) is 0 Å². The fraction of sp³-hybridized carbons (Fsp3) is 0.100. The topological polar surface area (TPSA) is 41.6 Å². The normalized spacial score (nSPS) is 11.0. The van der Waals surface area contributed by atoms with Crippen molar-refractivity contribution in [1.29, 1.82) is 0 Å². The summed E-state index contributed by atoms with van der Waals surface area (Å²) in [6.07, 6.45) is 1.85. The largest absolute Gasteiger partial charge is 0.278 e. The molecule has 0 aliphatic carbocycles. The minimum Gasteiger partial charge on any atom is -0.278 e. The molecule has 0 saturated heterocycles. The molecule has 0 fully saturated rings. The Morgan fingerprint density at radius 2 is 1.78 bits per heavy atom. The summed E-state index contributed by atoms with van der Waals surface area (Å²) < 4.78 is 0. The van der Waals surface area contributed by atoms with Crippen LogP contribution in [0.5, 0.6) is 0 Å². The molecule has 3 nitrogen and oxygen atoms in total. The minimum absolute atomic E-state index is 1.01. The molecule has 2 aromatic heterocycles. The van der Waals surface area contributed by atoms with Gasteiger partial charge >= 0.3 is 0 Å². The van der Waals surface area contributed by atoms with Crippen molar-refractivity contribution in [3.05, 3.63) is 72.1 Å². The number of hydrogen-bond acceptors (Lipinski definition) is 2.